The molecule has 0 unspecified atom stereocenters. The van der Waals surface area contributed by atoms with E-state index in [9.17, 15) is 14.7 Å². The summed E-state index contributed by atoms with van der Waals surface area (Å²) in [5.41, 5.74) is 1.09. The molecule has 1 fully saturated rings. The molecule has 0 aliphatic heterocycles. The van der Waals surface area contributed by atoms with Crippen LogP contribution in [-0.4, -0.2) is 23.0 Å². The van der Waals surface area contributed by atoms with Gasteiger partial charge in [-0.15, -0.1) is 0 Å². The molecule has 0 spiro atoms. The van der Waals surface area contributed by atoms with E-state index in [0.717, 1.165) is 18.4 Å². The molecular formula is C18H25NO3. The number of carbonyl (C=O) groups is 2. The van der Waals surface area contributed by atoms with Crippen molar-refractivity contribution >= 4 is 11.9 Å². The molecule has 1 atom stereocenters. The van der Waals surface area contributed by atoms with Crippen LogP contribution in [0.5, 0.6) is 0 Å². The topological polar surface area (TPSA) is 66.4 Å². The first-order chi connectivity index (χ1) is 10.6. The second-order valence-electron chi connectivity index (χ2n) is 6.18. The zero-order valence-electron chi connectivity index (χ0n) is 13.0. The number of amides is 1. The van der Waals surface area contributed by atoms with Gasteiger partial charge in [-0.1, -0.05) is 62.4 Å². The minimum atomic E-state index is -0.918. The predicted octanol–water partition coefficient (Wildman–Crippen LogP) is 3.16. The second kappa shape index (κ2) is 8.57. The molecule has 0 aromatic heterocycles. The fraction of sp³-hybridized carbons (Fsp3) is 0.556. The van der Waals surface area contributed by atoms with Crippen molar-refractivity contribution in [3.8, 4) is 0 Å². The fourth-order valence-corrected chi connectivity index (χ4v) is 3.15. The molecular weight excluding hydrogens is 278 g/mol. The summed E-state index contributed by atoms with van der Waals surface area (Å²) in [5.74, 6) is -0.657. The first-order valence-corrected chi connectivity index (χ1v) is 8.21. The number of aliphatic carboxylic acids is 1. The lowest BCUT2D eigenvalue weighted by molar-refractivity contribution is -0.142. The number of carboxylic acids is 1. The minimum absolute atomic E-state index is 0.174. The van der Waals surface area contributed by atoms with Crippen molar-refractivity contribution in [1.29, 1.82) is 0 Å². The van der Waals surface area contributed by atoms with Crippen LogP contribution >= 0.6 is 0 Å². The molecule has 1 amide bonds. The molecule has 1 saturated carbocycles. The van der Waals surface area contributed by atoms with Crippen molar-refractivity contribution in [1.82, 2.24) is 5.32 Å². The Hall–Kier alpha value is -1.84. The number of rotatable bonds is 7. The van der Waals surface area contributed by atoms with Crippen molar-refractivity contribution in [3.05, 3.63) is 35.9 Å². The summed E-state index contributed by atoms with van der Waals surface area (Å²) in [4.78, 5) is 23.4. The van der Waals surface area contributed by atoms with Crippen molar-refractivity contribution in [2.45, 2.75) is 57.4 Å². The highest BCUT2D eigenvalue weighted by atomic mass is 16.4. The Bertz CT molecular complexity index is 480. The lowest BCUT2D eigenvalue weighted by Gasteiger charge is -2.25. The Morgan fingerprint density at radius 2 is 1.82 bits per heavy atom. The van der Waals surface area contributed by atoms with Gasteiger partial charge in [0.15, 0.2) is 0 Å². The average molecular weight is 303 g/mol. The molecule has 1 aliphatic carbocycles. The SMILES string of the molecule is O=C(CCc1ccccc1)N[C@@H](CC1CCCCC1)C(=O)O. The third kappa shape index (κ3) is 5.51. The number of hydrogen-bond donors (Lipinski definition) is 2. The van der Waals surface area contributed by atoms with Crippen LogP contribution in [0.4, 0.5) is 0 Å². The maximum atomic E-state index is 12.0. The molecule has 4 heteroatoms. The van der Waals surface area contributed by atoms with Gasteiger partial charge < -0.3 is 10.4 Å². The molecule has 0 saturated heterocycles. The number of hydrogen-bond acceptors (Lipinski definition) is 2. The van der Waals surface area contributed by atoms with Gasteiger partial charge in [0, 0.05) is 6.42 Å². The van der Waals surface area contributed by atoms with Gasteiger partial charge in [0.2, 0.25) is 5.91 Å². The van der Waals surface area contributed by atoms with Crippen molar-refractivity contribution < 1.29 is 14.7 Å². The molecule has 120 valence electrons. The highest BCUT2D eigenvalue weighted by Gasteiger charge is 2.25. The summed E-state index contributed by atoms with van der Waals surface area (Å²) >= 11 is 0. The van der Waals surface area contributed by atoms with Gasteiger partial charge in [0.1, 0.15) is 6.04 Å². The summed E-state index contributed by atoms with van der Waals surface area (Å²) in [6, 6.07) is 9.03. The Morgan fingerprint density at radius 3 is 2.45 bits per heavy atom. The van der Waals surface area contributed by atoms with E-state index in [1.165, 1.54) is 19.3 Å². The van der Waals surface area contributed by atoms with E-state index in [2.05, 4.69) is 5.32 Å². The average Bonchev–Trinajstić information content (AvgIpc) is 2.54. The lowest BCUT2D eigenvalue weighted by atomic mass is 9.85. The predicted molar refractivity (Wildman–Crippen MR) is 85.5 cm³/mol. The van der Waals surface area contributed by atoms with Crippen LogP contribution in [0.1, 0.15) is 50.5 Å². The van der Waals surface area contributed by atoms with Crippen LogP contribution in [0.15, 0.2) is 30.3 Å². The maximum absolute atomic E-state index is 12.0. The van der Waals surface area contributed by atoms with E-state index in [0.29, 0.717) is 25.2 Å². The Labute approximate surface area is 131 Å². The Kier molecular flexibility index (Phi) is 6.44. The van der Waals surface area contributed by atoms with Crippen LogP contribution in [-0.2, 0) is 16.0 Å². The van der Waals surface area contributed by atoms with Gasteiger partial charge in [-0.05, 0) is 24.3 Å². The van der Waals surface area contributed by atoms with Gasteiger partial charge >= 0.3 is 5.97 Å². The standard InChI is InChI=1S/C18H25NO3/c20-17(12-11-14-7-3-1-4-8-14)19-16(18(21)22)13-15-9-5-2-6-10-15/h1,3-4,7-8,15-16H,2,5-6,9-13H2,(H,19,20)(H,21,22)/t16-/m0/s1. The molecule has 22 heavy (non-hydrogen) atoms. The summed E-state index contributed by atoms with van der Waals surface area (Å²) in [5, 5.41) is 12.0. The van der Waals surface area contributed by atoms with Crippen LogP contribution in [0, 0.1) is 5.92 Å². The molecule has 0 radical (unpaired) electrons. The number of nitrogens with one attached hydrogen (secondary N) is 1. The van der Waals surface area contributed by atoms with E-state index in [1.54, 1.807) is 0 Å². The maximum Gasteiger partial charge on any atom is 0.326 e. The summed E-state index contributed by atoms with van der Waals surface area (Å²) in [7, 11) is 0. The number of aryl methyl sites for hydroxylation is 1. The smallest absolute Gasteiger partial charge is 0.326 e. The molecule has 1 aliphatic rings. The fourth-order valence-electron chi connectivity index (χ4n) is 3.15. The van der Waals surface area contributed by atoms with E-state index < -0.39 is 12.0 Å². The Morgan fingerprint density at radius 1 is 1.14 bits per heavy atom. The van der Waals surface area contributed by atoms with Crippen molar-refractivity contribution in [2.75, 3.05) is 0 Å². The van der Waals surface area contributed by atoms with Crippen molar-refractivity contribution in [2.24, 2.45) is 5.92 Å². The van der Waals surface area contributed by atoms with Crippen molar-refractivity contribution in [3.63, 3.8) is 0 Å². The van der Waals surface area contributed by atoms with E-state index in [-0.39, 0.29) is 5.91 Å². The van der Waals surface area contributed by atoms with Gasteiger partial charge in [-0.25, -0.2) is 4.79 Å². The summed E-state index contributed by atoms with van der Waals surface area (Å²) in [6.45, 7) is 0. The quantitative estimate of drug-likeness (QED) is 0.813. The van der Waals surface area contributed by atoms with E-state index in [1.807, 2.05) is 30.3 Å². The second-order valence-corrected chi connectivity index (χ2v) is 6.18. The first kappa shape index (κ1) is 16.5. The molecule has 2 N–H and O–H groups in total. The number of benzene rings is 1. The summed E-state index contributed by atoms with van der Waals surface area (Å²) in [6.07, 6.45) is 7.32. The molecule has 0 heterocycles. The van der Waals surface area contributed by atoms with Gasteiger partial charge in [-0.2, -0.15) is 0 Å². The third-order valence-corrected chi connectivity index (χ3v) is 4.41. The minimum Gasteiger partial charge on any atom is -0.480 e. The molecule has 4 nitrogen and oxygen atoms in total. The molecule has 0 bridgehead atoms. The van der Waals surface area contributed by atoms with Gasteiger partial charge in [-0.3, -0.25) is 4.79 Å². The highest BCUT2D eigenvalue weighted by molar-refractivity contribution is 5.83. The third-order valence-electron chi connectivity index (χ3n) is 4.41. The largest absolute Gasteiger partial charge is 0.480 e. The lowest BCUT2D eigenvalue weighted by Crippen LogP contribution is -2.42. The zero-order valence-corrected chi connectivity index (χ0v) is 13.0. The van der Waals surface area contributed by atoms with Gasteiger partial charge in [0.25, 0.3) is 0 Å². The van der Waals surface area contributed by atoms with Crippen LogP contribution in [0.2, 0.25) is 0 Å². The van der Waals surface area contributed by atoms with Crippen LogP contribution < -0.4 is 5.32 Å². The van der Waals surface area contributed by atoms with Gasteiger partial charge in [0.05, 0.1) is 0 Å². The molecule has 2 rings (SSSR count). The monoisotopic (exact) mass is 303 g/mol. The molecule has 1 aromatic carbocycles. The number of carbonyl (C=O) groups excluding carboxylic acids is 1. The first-order valence-electron chi connectivity index (χ1n) is 8.21. The normalized spacial score (nSPS) is 16.9. The highest BCUT2D eigenvalue weighted by Crippen LogP contribution is 2.27. The van der Waals surface area contributed by atoms with E-state index >= 15 is 0 Å². The van der Waals surface area contributed by atoms with E-state index in [4.69, 9.17) is 0 Å². The molecule has 1 aromatic rings. The van der Waals surface area contributed by atoms with Crippen LogP contribution in [0.3, 0.4) is 0 Å². The number of carboxylic acid groups (broad SMARTS) is 1. The van der Waals surface area contributed by atoms with Crippen LogP contribution in [0.25, 0.3) is 0 Å². The zero-order chi connectivity index (χ0) is 15.8. The summed E-state index contributed by atoms with van der Waals surface area (Å²) < 4.78 is 0. The Balaban J connectivity index is 1.79.